The SMILES string of the molecule is COc1cc(C(=O)O)ccc1NC(=O)[C@@H]1N[C@@H](CC(C)(C)C)[C@@]2(C(=O)Nc3c(C)ccnc32)[C@H]1c1cccc(Cl)c1F. The van der Waals surface area contributed by atoms with E-state index < -0.39 is 41.1 Å². The molecule has 2 aromatic carbocycles. The predicted molar refractivity (Wildman–Crippen MR) is 157 cm³/mol. The minimum atomic E-state index is -1.46. The van der Waals surface area contributed by atoms with Crippen molar-refractivity contribution < 1.29 is 28.6 Å². The molecule has 2 aliphatic rings. The van der Waals surface area contributed by atoms with E-state index in [1.165, 1.54) is 31.4 Å². The van der Waals surface area contributed by atoms with Gasteiger partial charge in [-0.15, -0.1) is 0 Å². The summed E-state index contributed by atoms with van der Waals surface area (Å²) in [7, 11) is 1.36. The Bertz CT molecular complexity index is 1610. The average molecular weight is 595 g/mol. The molecule has 0 aliphatic carbocycles. The van der Waals surface area contributed by atoms with E-state index in [0.717, 1.165) is 5.56 Å². The summed E-state index contributed by atoms with van der Waals surface area (Å²) in [5.41, 5.74) is 0.327. The molecule has 11 heteroatoms. The Kier molecular flexibility index (Phi) is 7.49. The molecule has 9 nitrogen and oxygen atoms in total. The Labute approximate surface area is 247 Å². The van der Waals surface area contributed by atoms with E-state index in [-0.39, 0.29) is 38.9 Å². The summed E-state index contributed by atoms with van der Waals surface area (Å²) in [4.78, 5) is 44.6. The van der Waals surface area contributed by atoms with E-state index in [1.807, 2.05) is 27.7 Å². The fourth-order valence-electron chi connectivity index (χ4n) is 6.27. The van der Waals surface area contributed by atoms with Gasteiger partial charge in [0.25, 0.3) is 0 Å². The Morgan fingerprint density at radius 1 is 1.21 bits per heavy atom. The predicted octanol–water partition coefficient (Wildman–Crippen LogP) is 5.28. The molecule has 0 saturated carbocycles. The van der Waals surface area contributed by atoms with Crippen LogP contribution in [0.25, 0.3) is 0 Å². The normalized spacial score (nSPS) is 23.0. The van der Waals surface area contributed by atoms with Gasteiger partial charge in [-0.05, 0) is 60.2 Å². The van der Waals surface area contributed by atoms with Gasteiger partial charge in [0.05, 0.1) is 40.8 Å². The summed E-state index contributed by atoms with van der Waals surface area (Å²) in [6.07, 6.45) is 2.06. The van der Waals surface area contributed by atoms with Gasteiger partial charge >= 0.3 is 5.97 Å². The maximum atomic E-state index is 15.9. The van der Waals surface area contributed by atoms with Gasteiger partial charge in [0.15, 0.2) is 0 Å². The zero-order chi connectivity index (χ0) is 30.6. The molecule has 1 aromatic heterocycles. The summed E-state index contributed by atoms with van der Waals surface area (Å²) in [6, 6.07) is 8.65. The lowest BCUT2D eigenvalue weighted by Gasteiger charge is -2.37. The van der Waals surface area contributed by atoms with Gasteiger partial charge in [-0.3, -0.25) is 14.6 Å². The summed E-state index contributed by atoms with van der Waals surface area (Å²) < 4.78 is 21.3. The maximum absolute atomic E-state index is 15.9. The number of hydrogen-bond donors (Lipinski definition) is 4. The summed E-state index contributed by atoms with van der Waals surface area (Å²) in [6.45, 7) is 7.93. The van der Waals surface area contributed by atoms with Crippen LogP contribution >= 0.6 is 11.6 Å². The van der Waals surface area contributed by atoms with Gasteiger partial charge in [-0.25, -0.2) is 9.18 Å². The van der Waals surface area contributed by atoms with Crippen molar-refractivity contribution in [2.24, 2.45) is 5.41 Å². The van der Waals surface area contributed by atoms with Crippen molar-refractivity contribution in [1.82, 2.24) is 10.3 Å². The third kappa shape index (κ3) is 4.78. The van der Waals surface area contributed by atoms with Crippen molar-refractivity contribution in [3.63, 3.8) is 0 Å². The lowest BCUT2D eigenvalue weighted by Crippen LogP contribution is -2.50. The molecule has 5 rings (SSSR count). The standard InChI is InChI=1S/C31H32ClFN4O5/c1-15-11-12-34-26-24(15)37-29(41)31(26)21(14-30(2,3)4)36-25(22(31)17-7-6-8-18(32)23(17)33)27(38)35-19-10-9-16(28(39)40)13-20(19)42-5/h6-13,21-22,25,36H,14H2,1-5H3,(H,35,38)(H,37,41)(H,39,40)/t21-,22-,25+,31+/m0/s1. The Hall–Kier alpha value is -4.02. The molecule has 3 aromatic rings. The second-order valence-electron chi connectivity index (χ2n) is 12.0. The number of ether oxygens (including phenoxy) is 1. The van der Waals surface area contributed by atoms with E-state index in [9.17, 15) is 19.5 Å². The van der Waals surface area contributed by atoms with Crippen LogP contribution in [0, 0.1) is 18.2 Å². The second-order valence-corrected chi connectivity index (χ2v) is 12.4. The number of carboxylic acid groups (broad SMARTS) is 1. The van der Waals surface area contributed by atoms with Crippen LogP contribution in [-0.2, 0) is 15.0 Å². The Morgan fingerprint density at radius 3 is 2.62 bits per heavy atom. The highest BCUT2D eigenvalue weighted by atomic mass is 35.5. The molecule has 3 heterocycles. The van der Waals surface area contributed by atoms with Crippen LogP contribution in [0.2, 0.25) is 5.02 Å². The number of methoxy groups -OCH3 is 1. The highest BCUT2D eigenvalue weighted by Gasteiger charge is 2.67. The van der Waals surface area contributed by atoms with Crippen molar-refractivity contribution in [2.45, 2.75) is 57.5 Å². The van der Waals surface area contributed by atoms with Crippen LogP contribution in [0.5, 0.6) is 5.75 Å². The number of fused-ring (bicyclic) bond motifs is 2. The molecule has 0 radical (unpaired) electrons. The molecule has 2 amide bonds. The molecule has 2 aliphatic heterocycles. The van der Waals surface area contributed by atoms with Crippen LogP contribution in [0.3, 0.4) is 0 Å². The molecule has 0 bridgehead atoms. The molecule has 1 spiro atoms. The van der Waals surface area contributed by atoms with E-state index in [0.29, 0.717) is 17.8 Å². The molecule has 220 valence electrons. The van der Waals surface area contributed by atoms with Crippen molar-refractivity contribution in [2.75, 3.05) is 17.7 Å². The number of aryl methyl sites for hydroxylation is 1. The number of carboxylic acids is 1. The van der Waals surface area contributed by atoms with Crippen LogP contribution in [0.15, 0.2) is 48.7 Å². The van der Waals surface area contributed by atoms with Crippen molar-refractivity contribution in [1.29, 1.82) is 0 Å². The minimum absolute atomic E-state index is 0.0208. The number of anilines is 2. The molecule has 42 heavy (non-hydrogen) atoms. The van der Waals surface area contributed by atoms with E-state index >= 15 is 4.39 Å². The summed E-state index contributed by atoms with van der Waals surface area (Å²) in [5.74, 6) is -3.75. The first kappa shape index (κ1) is 29.5. The largest absolute Gasteiger partial charge is 0.495 e. The van der Waals surface area contributed by atoms with Gasteiger partial charge in [-0.1, -0.05) is 44.5 Å². The Morgan fingerprint density at radius 2 is 1.95 bits per heavy atom. The lowest BCUT2D eigenvalue weighted by atomic mass is 9.64. The molecular weight excluding hydrogens is 563 g/mol. The van der Waals surface area contributed by atoms with E-state index in [1.54, 1.807) is 24.4 Å². The van der Waals surface area contributed by atoms with Gasteiger partial charge in [-0.2, -0.15) is 0 Å². The van der Waals surface area contributed by atoms with Gasteiger partial charge in [0, 0.05) is 18.2 Å². The third-order valence-electron chi connectivity index (χ3n) is 8.04. The molecule has 4 N–H and O–H groups in total. The first-order valence-electron chi connectivity index (χ1n) is 13.5. The maximum Gasteiger partial charge on any atom is 0.335 e. The van der Waals surface area contributed by atoms with Gasteiger partial charge in [0.2, 0.25) is 11.8 Å². The highest BCUT2D eigenvalue weighted by molar-refractivity contribution is 6.30. The number of pyridine rings is 1. The number of carbonyl (C=O) groups excluding carboxylic acids is 2. The number of nitrogens with zero attached hydrogens (tertiary/aromatic N) is 1. The number of rotatable bonds is 6. The number of benzene rings is 2. The second kappa shape index (κ2) is 10.7. The molecule has 1 fully saturated rings. The number of carbonyl (C=O) groups is 3. The highest BCUT2D eigenvalue weighted by Crippen LogP contribution is 2.56. The number of aromatic nitrogens is 1. The quantitative estimate of drug-likeness (QED) is 0.306. The number of hydrogen-bond acceptors (Lipinski definition) is 6. The number of amides is 2. The average Bonchev–Trinajstić information content (AvgIpc) is 3.41. The zero-order valence-electron chi connectivity index (χ0n) is 23.8. The topological polar surface area (TPSA) is 130 Å². The Balaban J connectivity index is 1.71. The number of aromatic carboxylic acids is 1. The van der Waals surface area contributed by atoms with Crippen LogP contribution in [0.4, 0.5) is 15.8 Å². The lowest BCUT2D eigenvalue weighted by molar-refractivity contribution is -0.122. The first-order chi connectivity index (χ1) is 19.8. The fraction of sp³-hybridized carbons (Fsp3) is 0.355. The van der Waals surface area contributed by atoms with Crippen LogP contribution in [0.1, 0.15) is 60.3 Å². The monoisotopic (exact) mass is 594 g/mol. The molecule has 4 atom stereocenters. The zero-order valence-corrected chi connectivity index (χ0v) is 24.6. The van der Waals surface area contributed by atoms with Crippen molar-refractivity contribution in [3.05, 3.63) is 81.9 Å². The minimum Gasteiger partial charge on any atom is -0.495 e. The molecule has 1 saturated heterocycles. The summed E-state index contributed by atoms with van der Waals surface area (Å²) in [5, 5.41) is 18.4. The smallest absolute Gasteiger partial charge is 0.335 e. The number of halogens is 2. The van der Waals surface area contributed by atoms with E-state index in [2.05, 4.69) is 20.9 Å². The first-order valence-corrected chi connectivity index (χ1v) is 13.9. The van der Waals surface area contributed by atoms with Crippen LogP contribution < -0.4 is 20.7 Å². The summed E-state index contributed by atoms with van der Waals surface area (Å²) >= 11 is 6.25. The van der Waals surface area contributed by atoms with Gasteiger partial charge in [0.1, 0.15) is 17.0 Å². The van der Waals surface area contributed by atoms with Crippen molar-refractivity contribution >= 4 is 40.8 Å². The third-order valence-corrected chi connectivity index (χ3v) is 8.33. The molecule has 0 unspecified atom stereocenters. The van der Waals surface area contributed by atoms with E-state index in [4.69, 9.17) is 16.3 Å². The number of nitrogens with one attached hydrogen (secondary N) is 3. The molecular formula is C31H32ClFN4O5. The fourth-order valence-corrected chi connectivity index (χ4v) is 6.45. The van der Waals surface area contributed by atoms with Crippen molar-refractivity contribution in [3.8, 4) is 5.75 Å². The van der Waals surface area contributed by atoms with Gasteiger partial charge < -0.3 is 25.8 Å². The van der Waals surface area contributed by atoms with Crippen LogP contribution in [-0.4, -0.2) is 47.1 Å².